The third-order valence-corrected chi connectivity index (χ3v) is 5.57. The molecular weight excluding hydrogens is 270 g/mol. The molecule has 1 N–H and O–H groups in total. The molecule has 0 amide bonds. The quantitative estimate of drug-likeness (QED) is 0.917. The Morgan fingerprint density at radius 3 is 3.25 bits per heavy atom. The molecule has 2 saturated heterocycles. The van der Waals surface area contributed by atoms with Crippen molar-refractivity contribution in [1.82, 2.24) is 4.98 Å². The summed E-state index contributed by atoms with van der Waals surface area (Å²) in [7, 11) is 0. The summed E-state index contributed by atoms with van der Waals surface area (Å²) in [5, 5.41) is 1.21. The van der Waals surface area contributed by atoms with Crippen LogP contribution in [-0.2, 0) is 4.74 Å². The zero-order valence-corrected chi connectivity index (χ0v) is 12.2. The largest absolute Gasteiger partial charge is 0.490 e. The average molecular weight is 289 g/mol. The number of H-pyrrole nitrogens is 1. The maximum atomic E-state index is 6.22. The van der Waals surface area contributed by atoms with Crippen molar-refractivity contribution in [3.05, 3.63) is 30.5 Å². The van der Waals surface area contributed by atoms with Crippen LogP contribution in [0.3, 0.4) is 0 Å². The summed E-state index contributed by atoms with van der Waals surface area (Å²) in [6, 6.07) is 8.36. The summed E-state index contributed by atoms with van der Waals surface area (Å²) < 4.78 is 12.3. The molecule has 4 rings (SSSR count). The highest BCUT2D eigenvalue weighted by Crippen LogP contribution is 2.39. The number of hydrogen-bond acceptors (Lipinski definition) is 3. The molecule has 1 spiro atoms. The lowest BCUT2D eigenvalue weighted by atomic mass is 9.91. The van der Waals surface area contributed by atoms with Gasteiger partial charge in [0, 0.05) is 35.7 Å². The normalized spacial score (nSPS) is 30.1. The highest BCUT2D eigenvalue weighted by molar-refractivity contribution is 7.99. The van der Waals surface area contributed by atoms with Gasteiger partial charge in [-0.2, -0.15) is 11.8 Å². The number of aromatic nitrogens is 1. The second-order valence-electron chi connectivity index (χ2n) is 5.79. The van der Waals surface area contributed by atoms with E-state index in [1.807, 2.05) is 18.0 Å². The van der Waals surface area contributed by atoms with E-state index in [2.05, 4.69) is 29.2 Å². The van der Waals surface area contributed by atoms with E-state index in [1.165, 1.54) is 17.6 Å². The van der Waals surface area contributed by atoms with E-state index >= 15 is 0 Å². The molecule has 1 aromatic carbocycles. The van der Waals surface area contributed by atoms with Crippen LogP contribution in [0.1, 0.15) is 19.3 Å². The van der Waals surface area contributed by atoms with E-state index < -0.39 is 0 Å². The SMILES string of the molecule is c1cc2cc(OC3CCOC4(CCSC4)C3)ccc2[nH]1. The van der Waals surface area contributed by atoms with Gasteiger partial charge in [0.1, 0.15) is 11.9 Å². The van der Waals surface area contributed by atoms with Crippen LogP contribution in [0.2, 0.25) is 0 Å². The molecule has 0 bridgehead atoms. The van der Waals surface area contributed by atoms with Crippen molar-refractivity contribution >= 4 is 22.7 Å². The molecule has 20 heavy (non-hydrogen) atoms. The van der Waals surface area contributed by atoms with E-state index in [1.54, 1.807) is 0 Å². The van der Waals surface area contributed by atoms with Crippen molar-refractivity contribution in [3.63, 3.8) is 0 Å². The molecule has 2 fully saturated rings. The third-order valence-electron chi connectivity index (χ3n) is 4.34. The lowest BCUT2D eigenvalue weighted by Crippen LogP contribution is -2.43. The molecule has 3 heterocycles. The summed E-state index contributed by atoms with van der Waals surface area (Å²) in [4.78, 5) is 3.21. The molecule has 4 heteroatoms. The molecule has 0 aliphatic carbocycles. The van der Waals surface area contributed by atoms with Gasteiger partial charge in [-0.1, -0.05) is 0 Å². The van der Waals surface area contributed by atoms with Gasteiger partial charge in [-0.05, 0) is 36.4 Å². The summed E-state index contributed by atoms with van der Waals surface area (Å²) in [5.41, 5.74) is 1.25. The molecule has 2 unspecified atom stereocenters. The van der Waals surface area contributed by atoms with Gasteiger partial charge < -0.3 is 14.5 Å². The molecule has 0 saturated carbocycles. The molecule has 1 aromatic heterocycles. The van der Waals surface area contributed by atoms with Crippen molar-refractivity contribution in [2.75, 3.05) is 18.1 Å². The number of thioether (sulfide) groups is 1. The van der Waals surface area contributed by atoms with E-state index in [0.29, 0.717) is 6.10 Å². The van der Waals surface area contributed by atoms with Gasteiger partial charge in [0.15, 0.2) is 0 Å². The highest BCUT2D eigenvalue weighted by Gasteiger charge is 2.41. The van der Waals surface area contributed by atoms with E-state index in [4.69, 9.17) is 9.47 Å². The van der Waals surface area contributed by atoms with Crippen LogP contribution in [0.4, 0.5) is 0 Å². The first-order valence-electron chi connectivity index (χ1n) is 7.29. The Bertz CT molecular complexity index is 603. The Morgan fingerprint density at radius 1 is 1.35 bits per heavy atom. The van der Waals surface area contributed by atoms with Crippen molar-refractivity contribution in [2.45, 2.75) is 31.0 Å². The van der Waals surface area contributed by atoms with Crippen molar-refractivity contribution < 1.29 is 9.47 Å². The van der Waals surface area contributed by atoms with Crippen LogP contribution in [0.25, 0.3) is 10.9 Å². The number of nitrogens with one attached hydrogen (secondary N) is 1. The molecule has 106 valence electrons. The molecule has 3 nitrogen and oxygen atoms in total. The Kier molecular flexibility index (Phi) is 3.15. The monoisotopic (exact) mass is 289 g/mol. The summed E-state index contributed by atoms with van der Waals surface area (Å²) in [6.45, 7) is 0.831. The van der Waals surface area contributed by atoms with Crippen LogP contribution in [0.15, 0.2) is 30.5 Å². The van der Waals surface area contributed by atoms with Gasteiger partial charge in [0.25, 0.3) is 0 Å². The predicted octanol–water partition coefficient (Wildman–Crippen LogP) is 3.60. The zero-order valence-electron chi connectivity index (χ0n) is 11.4. The van der Waals surface area contributed by atoms with Gasteiger partial charge in [0.2, 0.25) is 0 Å². The molecule has 2 aliphatic heterocycles. The number of ether oxygens (including phenoxy) is 2. The minimum absolute atomic E-state index is 0.0891. The molecular formula is C16H19NO2S. The maximum absolute atomic E-state index is 6.22. The summed E-state index contributed by atoms with van der Waals surface area (Å²) in [5.74, 6) is 3.33. The van der Waals surface area contributed by atoms with E-state index in [-0.39, 0.29) is 5.60 Å². The van der Waals surface area contributed by atoms with Crippen LogP contribution < -0.4 is 4.74 Å². The number of benzene rings is 1. The van der Waals surface area contributed by atoms with Gasteiger partial charge in [-0.15, -0.1) is 0 Å². The molecule has 2 aliphatic rings. The first kappa shape index (κ1) is 12.6. The minimum Gasteiger partial charge on any atom is -0.490 e. The lowest BCUT2D eigenvalue weighted by molar-refractivity contribution is -0.0958. The number of aromatic amines is 1. The van der Waals surface area contributed by atoms with Crippen LogP contribution >= 0.6 is 11.8 Å². The topological polar surface area (TPSA) is 34.2 Å². The first-order chi connectivity index (χ1) is 9.83. The first-order valence-corrected chi connectivity index (χ1v) is 8.44. The second kappa shape index (κ2) is 5.01. The molecule has 2 aromatic rings. The Balaban J connectivity index is 1.50. The van der Waals surface area contributed by atoms with Gasteiger partial charge in [-0.25, -0.2) is 0 Å². The average Bonchev–Trinajstić information content (AvgIpc) is 3.08. The predicted molar refractivity (Wildman–Crippen MR) is 82.6 cm³/mol. The Morgan fingerprint density at radius 2 is 2.35 bits per heavy atom. The fraction of sp³-hybridized carbons (Fsp3) is 0.500. The van der Waals surface area contributed by atoms with Crippen LogP contribution in [0, 0.1) is 0 Å². The smallest absolute Gasteiger partial charge is 0.120 e. The standard InChI is InChI=1S/C16H19NO2S/c1-2-15-12(3-6-17-15)9-13(1)19-14-4-7-18-16(10-14)5-8-20-11-16/h1-3,6,9,14,17H,4-5,7-8,10-11H2. The number of hydrogen-bond donors (Lipinski definition) is 1. The Labute approximate surface area is 123 Å². The lowest BCUT2D eigenvalue weighted by Gasteiger charge is -2.37. The van der Waals surface area contributed by atoms with E-state index in [9.17, 15) is 0 Å². The third kappa shape index (κ3) is 2.31. The maximum Gasteiger partial charge on any atom is 0.120 e. The number of rotatable bonds is 2. The molecule has 2 atom stereocenters. The second-order valence-corrected chi connectivity index (χ2v) is 6.90. The van der Waals surface area contributed by atoms with Crippen molar-refractivity contribution in [3.8, 4) is 5.75 Å². The Hall–Kier alpha value is -1.13. The van der Waals surface area contributed by atoms with Crippen LogP contribution in [-0.4, -0.2) is 34.8 Å². The summed E-state index contributed by atoms with van der Waals surface area (Å²) in [6.07, 6.45) is 5.46. The van der Waals surface area contributed by atoms with Crippen molar-refractivity contribution in [2.24, 2.45) is 0 Å². The van der Waals surface area contributed by atoms with Gasteiger partial charge in [0.05, 0.1) is 12.2 Å². The highest BCUT2D eigenvalue weighted by atomic mass is 32.2. The van der Waals surface area contributed by atoms with Gasteiger partial charge in [-0.3, -0.25) is 0 Å². The minimum atomic E-state index is 0.0891. The zero-order chi connectivity index (χ0) is 13.4. The van der Waals surface area contributed by atoms with E-state index in [0.717, 1.165) is 36.5 Å². The van der Waals surface area contributed by atoms with Crippen LogP contribution in [0.5, 0.6) is 5.75 Å². The van der Waals surface area contributed by atoms with Crippen molar-refractivity contribution in [1.29, 1.82) is 0 Å². The van der Waals surface area contributed by atoms with Gasteiger partial charge >= 0.3 is 0 Å². The molecule has 0 radical (unpaired) electrons. The summed E-state index contributed by atoms with van der Waals surface area (Å²) >= 11 is 2.01. The number of fused-ring (bicyclic) bond motifs is 1. The fourth-order valence-electron chi connectivity index (χ4n) is 3.24. The fourth-order valence-corrected chi connectivity index (χ4v) is 4.62.